The minimum atomic E-state index is -1.50. The van der Waals surface area contributed by atoms with Crippen molar-refractivity contribution in [2.45, 2.75) is 82.2 Å². The SMILES string of the molecule is C[C@@H]1[C@H](O)[C@@H](C)C/C=C/[C@H]2[C@H](O)[C@]3(C)O[C@]3(C)[C@H]3[C@H](Cc4ccccc4)NC(=O)[C@@]23C(=O)[C@@H]2O[C@@H]12. The van der Waals surface area contributed by atoms with Crippen LogP contribution in [0.4, 0.5) is 0 Å². The van der Waals surface area contributed by atoms with Crippen molar-refractivity contribution in [3.8, 4) is 0 Å². The molecule has 3 heterocycles. The predicted octanol–water partition coefficient (Wildman–Crippen LogP) is 1.80. The van der Waals surface area contributed by atoms with Crippen LogP contribution in [0.5, 0.6) is 0 Å². The molecule has 4 fully saturated rings. The number of carbonyl (C=O) groups excluding carboxylic acids is 2. The number of aliphatic hydroxyl groups is 2. The van der Waals surface area contributed by atoms with Gasteiger partial charge in [-0.05, 0) is 38.2 Å². The number of Topliss-reactive ketones (excluding diaryl/α,β-unsaturated/α-hetero) is 1. The van der Waals surface area contributed by atoms with Gasteiger partial charge in [0, 0.05) is 23.8 Å². The fourth-order valence-corrected chi connectivity index (χ4v) is 7.72. The second-order valence-corrected chi connectivity index (χ2v) is 11.8. The normalized spacial score (nSPS) is 53.3. The highest BCUT2D eigenvalue weighted by molar-refractivity contribution is 6.12. The van der Waals surface area contributed by atoms with E-state index in [1.54, 1.807) is 0 Å². The Morgan fingerprint density at radius 1 is 1.09 bits per heavy atom. The maximum Gasteiger partial charge on any atom is 0.235 e. The molecule has 1 saturated carbocycles. The number of ketones is 1. The summed E-state index contributed by atoms with van der Waals surface area (Å²) in [7, 11) is 0. The molecule has 6 rings (SSSR count). The van der Waals surface area contributed by atoms with Crippen molar-refractivity contribution in [1.82, 2.24) is 5.32 Å². The minimum absolute atomic E-state index is 0.0481. The number of fused-ring (bicyclic) bond motifs is 3. The Morgan fingerprint density at radius 2 is 1.80 bits per heavy atom. The molecule has 1 aromatic carbocycles. The average Bonchev–Trinajstić information content (AvgIpc) is 3.71. The Balaban J connectivity index is 1.50. The third kappa shape index (κ3) is 2.92. The molecule has 35 heavy (non-hydrogen) atoms. The van der Waals surface area contributed by atoms with E-state index in [-0.39, 0.29) is 29.6 Å². The lowest BCUT2D eigenvalue weighted by Crippen LogP contribution is -2.64. The van der Waals surface area contributed by atoms with Crippen LogP contribution in [0.1, 0.15) is 39.7 Å². The van der Waals surface area contributed by atoms with Crippen LogP contribution >= 0.6 is 0 Å². The van der Waals surface area contributed by atoms with Gasteiger partial charge in [-0.1, -0.05) is 56.3 Å². The molecule has 3 aliphatic heterocycles. The zero-order chi connectivity index (χ0) is 24.9. The van der Waals surface area contributed by atoms with Crippen LogP contribution in [-0.4, -0.2) is 63.6 Å². The summed E-state index contributed by atoms with van der Waals surface area (Å²) in [6, 6.07) is 9.59. The number of amides is 1. The number of allylic oxidation sites excluding steroid dienone is 1. The molecule has 7 heteroatoms. The number of ether oxygens (including phenoxy) is 2. The minimum Gasteiger partial charge on any atom is -0.392 e. The molecule has 1 spiro atoms. The standard InChI is InChI=1S/C28H35NO6/c1-14-9-8-12-17-23(31)27(4)26(3,35-27)22-18(13-16-10-6-5-7-11-16)29-25(33)28(17,22)24(32)21-20(34-21)15(2)19(14)30/h5-8,10-12,14-15,17-23,30-31H,9,13H2,1-4H3,(H,29,33)/b12-8+/t14-,15+,17-,18-,19+,20-,21+,22+,23-,26+,27-,28-/m0/s1. The Kier molecular flexibility index (Phi) is 4.99. The molecule has 3 saturated heterocycles. The van der Waals surface area contributed by atoms with Crippen LogP contribution < -0.4 is 5.32 Å². The molecule has 0 unspecified atom stereocenters. The molecule has 188 valence electrons. The van der Waals surface area contributed by atoms with Crippen molar-refractivity contribution in [1.29, 1.82) is 0 Å². The molecular formula is C28H35NO6. The number of carbonyl (C=O) groups is 2. The van der Waals surface area contributed by atoms with Crippen molar-refractivity contribution in [3.63, 3.8) is 0 Å². The molecule has 3 N–H and O–H groups in total. The van der Waals surface area contributed by atoms with Crippen LogP contribution in [0.2, 0.25) is 0 Å². The first-order chi connectivity index (χ1) is 16.6. The summed E-state index contributed by atoms with van der Waals surface area (Å²) in [5.41, 5.74) is -2.14. The second kappa shape index (κ2) is 7.48. The molecule has 1 amide bonds. The first-order valence-electron chi connectivity index (χ1n) is 12.8. The van der Waals surface area contributed by atoms with E-state index >= 15 is 0 Å². The lowest BCUT2D eigenvalue weighted by atomic mass is 9.50. The van der Waals surface area contributed by atoms with E-state index in [2.05, 4.69) is 5.32 Å². The summed E-state index contributed by atoms with van der Waals surface area (Å²) >= 11 is 0. The zero-order valence-electron chi connectivity index (χ0n) is 20.7. The predicted molar refractivity (Wildman–Crippen MR) is 127 cm³/mol. The molecule has 1 aromatic rings. The van der Waals surface area contributed by atoms with Gasteiger partial charge in [-0.25, -0.2) is 0 Å². The van der Waals surface area contributed by atoms with Crippen LogP contribution in [0, 0.1) is 29.1 Å². The van der Waals surface area contributed by atoms with Crippen molar-refractivity contribution in [3.05, 3.63) is 48.0 Å². The number of hydrogen-bond donors (Lipinski definition) is 3. The highest BCUT2D eigenvalue weighted by Crippen LogP contribution is 2.70. The summed E-state index contributed by atoms with van der Waals surface area (Å²) in [5.74, 6) is -2.15. The summed E-state index contributed by atoms with van der Waals surface area (Å²) in [6.45, 7) is 7.69. The van der Waals surface area contributed by atoms with Crippen LogP contribution in [-0.2, 0) is 25.5 Å². The third-order valence-electron chi connectivity index (χ3n) is 9.96. The number of aliphatic hydroxyl groups excluding tert-OH is 2. The number of benzene rings is 1. The monoisotopic (exact) mass is 481 g/mol. The quantitative estimate of drug-likeness (QED) is 0.337. The molecule has 2 aliphatic carbocycles. The van der Waals surface area contributed by atoms with Gasteiger partial charge in [-0.15, -0.1) is 0 Å². The summed E-state index contributed by atoms with van der Waals surface area (Å²) in [6.07, 6.45) is 2.03. The van der Waals surface area contributed by atoms with Gasteiger partial charge in [-0.2, -0.15) is 0 Å². The number of hydrogen-bond acceptors (Lipinski definition) is 6. The molecule has 0 radical (unpaired) electrons. The average molecular weight is 482 g/mol. The lowest BCUT2D eigenvalue weighted by Gasteiger charge is -2.47. The summed E-state index contributed by atoms with van der Waals surface area (Å²) in [4.78, 5) is 28.4. The van der Waals surface area contributed by atoms with Crippen molar-refractivity contribution < 1.29 is 29.3 Å². The molecule has 5 aliphatic rings. The molecule has 12 atom stereocenters. The summed E-state index contributed by atoms with van der Waals surface area (Å²) in [5, 5.41) is 25.6. The van der Waals surface area contributed by atoms with Gasteiger partial charge < -0.3 is 25.0 Å². The van der Waals surface area contributed by atoms with Crippen molar-refractivity contribution in [2.24, 2.45) is 29.1 Å². The Bertz CT molecular complexity index is 1090. The van der Waals surface area contributed by atoms with Gasteiger partial charge in [0.1, 0.15) is 22.7 Å². The van der Waals surface area contributed by atoms with Gasteiger partial charge in [0.2, 0.25) is 5.91 Å². The van der Waals surface area contributed by atoms with E-state index in [0.717, 1.165) is 5.56 Å². The van der Waals surface area contributed by atoms with Gasteiger partial charge >= 0.3 is 0 Å². The van der Waals surface area contributed by atoms with E-state index in [0.29, 0.717) is 12.8 Å². The second-order valence-electron chi connectivity index (χ2n) is 11.8. The lowest BCUT2D eigenvalue weighted by molar-refractivity contribution is -0.154. The Labute approximate surface area is 205 Å². The topological polar surface area (TPSA) is 112 Å². The highest BCUT2D eigenvalue weighted by Gasteiger charge is 2.86. The first kappa shape index (κ1) is 23.3. The fraction of sp³-hybridized carbons (Fsp3) is 0.643. The Morgan fingerprint density at radius 3 is 2.51 bits per heavy atom. The van der Waals surface area contributed by atoms with Gasteiger partial charge in [-0.3, -0.25) is 9.59 Å². The Hall–Kier alpha value is -2.06. The molecule has 0 aromatic heterocycles. The van der Waals surface area contributed by atoms with E-state index in [1.165, 1.54) is 0 Å². The maximum atomic E-state index is 14.4. The van der Waals surface area contributed by atoms with E-state index < -0.39 is 52.9 Å². The molecule has 7 nitrogen and oxygen atoms in total. The first-order valence-corrected chi connectivity index (χ1v) is 12.8. The van der Waals surface area contributed by atoms with Crippen LogP contribution in [0.25, 0.3) is 0 Å². The smallest absolute Gasteiger partial charge is 0.235 e. The van der Waals surface area contributed by atoms with Crippen molar-refractivity contribution >= 4 is 11.7 Å². The van der Waals surface area contributed by atoms with Crippen molar-refractivity contribution in [2.75, 3.05) is 0 Å². The number of nitrogens with one attached hydrogen (secondary N) is 1. The highest BCUT2D eigenvalue weighted by atomic mass is 16.6. The molecule has 0 bridgehead atoms. The zero-order valence-corrected chi connectivity index (χ0v) is 20.7. The number of epoxide rings is 2. The van der Waals surface area contributed by atoms with E-state index in [4.69, 9.17) is 9.47 Å². The van der Waals surface area contributed by atoms with Crippen LogP contribution in [0.3, 0.4) is 0 Å². The fourth-order valence-electron chi connectivity index (χ4n) is 7.72. The van der Waals surface area contributed by atoms with Crippen LogP contribution in [0.15, 0.2) is 42.5 Å². The van der Waals surface area contributed by atoms with E-state index in [1.807, 2.05) is 70.2 Å². The van der Waals surface area contributed by atoms with Gasteiger partial charge in [0.05, 0.1) is 18.3 Å². The van der Waals surface area contributed by atoms with Gasteiger partial charge in [0.25, 0.3) is 0 Å². The number of rotatable bonds is 2. The van der Waals surface area contributed by atoms with Gasteiger partial charge in [0.15, 0.2) is 5.78 Å². The maximum absolute atomic E-state index is 14.4. The molecular weight excluding hydrogens is 446 g/mol. The summed E-state index contributed by atoms with van der Waals surface area (Å²) < 4.78 is 12.2. The van der Waals surface area contributed by atoms with E-state index in [9.17, 15) is 19.8 Å². The largest absolute Gasteiger partial charge is 0.392 e. The third-order valence-corrected chi connectivity index (χ3v) is 9.96.